The molecule has 2 aliphatic rings. The maximum atomic E-state index is 11.0. The highest BCUT2D eigenvalue weighted by atomic mass is 16.5. The van der Waals surface area contributed by atoms with Gasteiger partial charge in [-0.3, -0.25) is 4.79 Å². The van der Waals surface area contributed by atoms with E-state index < -0.39 is 0 Å². The van der Waals surface area contributed by atoms with Crippen LogP contribution in [0.2, 0.25) is 0 Å². The van der Waals surface area contributed by atoms with E-state index in [1.165, 1.54) is 12.8 Å². The Morgan fingerprint density at radius 1 is 1.36 bits per heavy atom. The Hall–Kier alpha value is -0.790. The molecule has 0 spiro atoms. The molecule has 1 saturated carbocycles. The third kappa shape index (κ3) is 2.37. The molecule has 0 amide bonds. The SMILES string of the molecule is CC1CCCC(OC2=CC(=O)CC2)C1. The fourth-order valence-electron chi connectivity index (χ4n) is 2.36. The third-order valence-electron chi connectivity index (χ3n) is 3.15. The zero-order valence-corrected chi connectivity index (χ0v) is 8.79. The van der Waals surface area contributed by atoms with Crippen LogP contribution >= 0.6 is 0 Å². The maximum absolute atomic E-state index is 11.0. The summed E-state index contributed by atoms with van der Waals surface area (Å²) in [5, 5.41) is 0. The Kier molecular flexibility index (Phi) is 2.90. The van der Waals surface area contributed by atoms with Gasteiger partial charge in [-0.2, -0.15) is 0 Å². The highest BCUT2D eigenvalue weighted by Crippen LogP contribution is 2.29. The van der Waals surface area contributed by atoms with Gasteiger partial charge in [0.2, 0.25) is 0 Å². The maximum Gasteiger partial charge on any atom is 0.159 e. The minimum absolute atomic E-state index is 0.226. The summed E-state index contributed by atoms with van der Waals surface area (Å²) in [7, 11) is 0. The zero-order valence-electron chi connectivity index (χ0n) is 8.79. The largest absolute Gasteiger partial charge is 0.495 e. The van der Waals surface area contributed by atoms with Gasteiger partial charge in [0.1, 0.15) is 5.76 Å². The van der Waals surface area contributed by atoms with Gasteiger partial charge in [0.25, 0.3) is 0 Å². The number of carbonyl (C=O) groups is 1. The van der Waals surface area contributed by atoms with E-state index in [9.17, 15) is 4.79 Å². The monoisotopic (exact) mass is 194 g/mol. The van der Waals surface area contributed by atoms with E-state index in [4.69, 9.17) is 4.74 Å². The number of ketones is 1. The summed E-state index contributed by atoms with van der Waals surface area (Å²) >= 11 is 0. The number of carbonyl (C=O) groups excluding carboxylic acids is 1. The molecule has 78 valence electrons. The topological polar surface area (TPSA) is 26.3 Å². The van der Waals surface area contributed by atoms with Gasteiger partial charge in [-0.25, -0.2) is 0 Å². The lowest BCUT2D eigenvalue weighted by Crippen LogP contribution is -2.20. The minimum Gasteiger partial charge on any atom is -0.495 e. The van der Waals surface area contributed by atoms with Gasteiger partial charge in [-0.15, -0.1) is 0 Å². The van der Waals surface area contributed by atoms with Crippen LogP contribution in [0.15, 0.2) is 11.8 Å². The fourth-order valence-corrected chi connectivity index (χ4v) is 2.36. The highest BCUT2D eigenvalue weighted by molar-refractivity contribution is 5.92. The number of rotatable bonds is 2. The molecule has 0 aromatic carbocycles. The molecule has 0 radical (unpaired) electrons. The zero-order chi connectivity index (χ0) is 9.97. The van der Waals surface area contributed by atoms with Crippen molar-refractivity contribution < 1.29 is 9.53 Å². The van der Waals surface area contributed by atoms with Crippen LogP contribution in [0, 0.1) is 5.92 Å². The summed E-state index contributed by atoms with van der Waals surface area (Å²) in [6, 6.07) is 0. The average molecular weight is 194 g/mol. The second-order valence-corrected chi connectivity index (χ2v) is 4.59. The van der Waals surface area contributed by atoms with E-state index in [1.807, 2.05) is 0 Å². The minimum atomic E-state index is 0.226. The fraction of sp³-hybridized carbons (Fsp3) is 0.750. The summed E-state index contributed by atoms with van der Waals surface area (Å²) in [5.41, 5.74) is 0. The molecule has 1 fully saturated rings. The van der Waals surface area contributed by atoms with Gasteiger partial charge in [-0.05, 0) is 25.2 Å². The van der Waals surface area contributed by atoms with Crippen molar-refractivity contribution >= 4 is 5.78 Å². The summed E-state index contributed by atoms with van der Waals surface area (Å²) < 4.78 is 5.83. The van der Waals surface area contributed by atoms with Crippen LogP contribution in [0.4, 0.5) is 0 Å². The van der Waals surface area contributed by atoms with Crippen LogP contribution in [0.3, 0.4) is 0 Å². The van der Waals surface area contributed by atoms with Crippen LogP contribution in [-0.2, 0) is 9.53 Å². The van der Waals surface area contributed by atoms with Crippen molar-refractivity contribution in [2.75, 3.05) is 0 Å². The second kappa shape index (κ2) is 4.16. The van der Waals surface area contributed by atoms with Crippen LogP contribution in [0.5, 0.6) is 0 Å². The van der Waals surface area contributed by atoms with E-state index in [2.05, 4.69) is 6.92 Å². The van der Waals surface area contributed by atoms with Crippen molar-refractivity contribution in [3.63, 3.8) is 0 Å². The molecule has 2 heteroatoms. The normalized spacial score (nSPS) is 32.9. The van der Waals surface area contributed by atoms with E-state index in [-0.39, 0.29) is 5.78 Å². The van der Waals surface area contributed by atoms with E-state index in [1.54, 1.807) is 6.08 Å². The van der Waals surface area contributed by atoms with Gasteiger partial charge in [-0.1, -0.05) is 13.3 Å². The van der Waals surface area contributed by atoms with Gasteiger partial charge in [0, 0.05) is 18.9 Å². The quantitative estimate of drug-likeness (QED) is 0.675. The second-order valence-electron chi connectivity index (χ2n) is 4.59. The van der Waals surface area contributed by atoms with Gasteiger partial charge < -0.3 is 4.74 Å². The van der Waals surface area contributed by atoms with Crippen molar-refractivity contribution in [2.45, 2.75) is 51.6 Å². The smallest absolute Gasteiger partial charge is 0.159 e. The van der Waals surface area contributed by atoms with Crippen LogP contribution in [0.25, 0.3) is 0 Å². The van der Waals surface area contributed by atoms with Crippen molar-refractivity contribution in [1.82, 2.24) is 0 Å². The number of ether oxygens (including phenoxy) is 1. The molecule has 14 heavy (non-hydrogen) atoms. The molecule has 0 saturated heterocycles. The summed E-state index contributed by atoms with van der Waals surface area (Å²) in [6.45, 7) is 2.28. The molecule has 0 aromatic rings. The molecular weight excluding hydrogens is 176 g/mol. The first-order valence-electron chi connectivity index (χ1n) is 5.64. The predicted molar refractivity (Wildman–Crippen MR) is 54.8 cm³/mol. The average Bonchev–Trinajstić information content (AvgIpc) is 2.51. The highest BCUT2D eigenvalue weighted by Gasteiger charge is 2.22. The standard InChI is InChI=1S/C12H18O2/c1-9-3-2-4-11(7-9)14-12-6-5-10(13)8-12/h8-9,11H,2-7H2,1H3. The van der Waals surface area contributed by atoms with Crippen LogP contribution in [0.1, 0.15) is 45.4 Å². The third-order valence-corrected chi connectivity index (χ3v) is 3.15. The molecule has 0 N–H and O–H groups in total. The van der Waals surface area contributed by atoms with Gasteiger partial charge >= 0.3 is 0 Å². The molecule has 2 atom stereocenters. The molecule has 2 aliphatic carbocycles. The molecular formula is C12H18O2. The van der Waals surface area contributed by atoms with Crippen molar-refractivity contribution in [1.29, 1.82) is 0 Å². The first-order chi connectivity index (χ1) is 6.74. The molecule has 0 heterocycles. The molecule has 0 aliphatic heterocycles. The van der Waals surface area contributed by atoms with Crippen LogP contribution < -0.4 is 0 Å². The number of hydrogen-bond donors (Lipinski definition) is 0. The summed E-state index contributed by atoms with van der Waals surface area (Å²) in [5.74, 6) is 1.93. The molecule has 0 bridgehead atoms. The molecule has 0 aromatic heterocycles. The lowest BCUT2D eigenvalue weighted by atomic mass is 9.89. The predicted octanol–water partition coefficient (Wildman–Crippen LogP) is 2.83. The van der Waals surface area contributed by atoms with Crippen molar-refractivity contribution in [3.8, 4) is 0 Å². The Morgan fingerprint density at radius 3 is 2.86 bits per heavy atom. The Bertz CT molecular complexity index is 255. The Balaban J connectivity index is 1.85. The molecule has 2 unspecified atom stereocenters. The first kappa shape index (κ1) is 9.75. The lowest BCUT2D eigenvalue weighted by Gasteiger charge is -2.27. The van der Waals surface area contributed by atoms with Gasteiger partial charge in [0.05, 0.1) is 6.10 Å². The summed E-state index contributed by atoms with van der Waals surface area (Å²) in [4.78, 5) is 11.0. The van der Waals surface area contributed by atoms with E-state index in [0.717, 1.165) is 30.9 Å². The van der Waals surface area contributed by atoms with Crippen molar-refractivity contribution in [2.24, 2.45) is 5.92 Å². The summed E-state index contributed by atoms with van der Waals surface area (Å²) in [6.07, 6.45) is 8.45. The van der Waals surface area contributed by atoms with Crippen molar-refractivity contribution in [3.05, 3.63) is 11.8 Å². The first-order valence-corrected chi connectivity index (χ1v) is 5.64. The number of hydrogen-bond acceptors (Lipinski definition) is 2. The molecule has 2 nitrogen and oxygen atoms in total. The Labute approximate surface area is 85.3 Å². The van der Waals surface area contributed by atoms with Crippen LogP contribution in [-0.4, -0.2) is 11.9 Å². The lowest BCUT2D eigenvalue weighted by molar-refractivity contribution is -0.114. The van der Waals surface area contributed by atoms with Gasteiger partial charge in [0.15, 0.2) is 5.78 Å². The van der Waals surface area contributed by atoms with E-state index >= 15 is 0 Å². The molecule has 2 rings (SSSR count). The van der Waals surface area contributed by atoms with E-state index in [0.29, 0.717) is 12.5 Å². The Morgan fingerprint density at radius 2 is 2.21 bits per heavy atom. The number of allylic oxidation sites excluding steroid dienone is 2.